The van der Waals surface area contributed by atoms with Crippen molar-refractivity contribution in [3.63, 3.8) is 0 Å². The molecule has 25 heteroatoms. The number of nitrogens with one attached hydrogen (secondary N) is 5. The van der Waals surface area contributed by atoms with Crippen LogP contribution >= 0.6 is 15.9 Å². The van der Waals surface area contributed by atoms with Gasteiger partial charge in [-0.25, -0.2) is 39.3 Å². The average Bonchev–Trinajstić information content (AvgIpc) is 1.72. The number of rotatable bonds is 9. The van der Waals surface area contributed by atoms with Gasteiger partial charge in [0.2, 0.25) is 0 Å². The minimum atomic E-state index is -4.29. The molecule has 10 rings (SSSR count). The van der Waals surface area contributed by atoms with Gasteiger partial charge in [-0.05, 0) is 174 Å². The fourth-order valence-electron chi connectivity index (χ4n) is 11.9. The van der Waals surface area contributed by atoms with E-state index in [1.54, 1.807) is 62.8 Å². The molecule has 8 bridgehead atoms. The van der Waals surface area contributed by atoms with Crippen molar-refractivity contribution in [3.8, 4) is 0 Å². The summed E-state index contributed by atoms with van der Waals surface area (Å²) in [4.78, 5) is 62.0. The maximum absolute atomic E-state index is 13.7. The molecule has 5 N–H and O–H groups in total. The van der Waals surface area contributed by atoms with Crippen LogP contribution in [-0.2, 0) is 40.4 Å². The summed E-state index contributed by atoms with van der Waals surface area (Å²) in [6.07, 6.45) is 5.06. The van der Waals surface area contributed by atoms with E-state index in [9.17, 15) is 26.4 Å². The van der Waals surface area contributed by atoms with E-state index in [-0.39, 0.29) is 55.2 Å². The average molecular weight is 1350 g/mol. The Morgan fingerprint density at radius 2 is 1.03 bits per heavy atom. The van der Waals surface area contributed by atoms with Crippen LogP contribution in [0, 0.1) is 11.8 Å². The number of pyridine rings is 6. The molecular weight excluding hydrogens is 1260 g/mol. The molecule has 0 aromatic carbocycles. The molecule has 2 saturated heterocycles. The van der Waals surface area contributed by atoms with Gasteiger partial charge in [0, 0.05) is 80.7 Å². The summed E-state index contributed by atoms with van der Waals surface area (Å²) >= 11 is 3.47. The van der Waals surface area contributed by atoms with Gasteiger partial charge in [-0.1, -0.05) is 65.8 Å². The predicted molar refractivity (Wildman–Crippen MR) is 361 cm³/mol. The second-order valence-corrected chi connectivity index (χ2v) is 31.1. The number of carbonyl (C=O) groups is 2. The normalized spacial score (nSPS) is 20.9. The first-order valence-electron chi connectivity index (χ1n) is 31.0. The van der Waals surface area contributed by atoms with Crippen LogP contribution in [0.25, 0.3) is 0 Å². The zero-order valence-electron chi connectivity index (χ0n) is 55.0. The van der Waals surface area contributed by atoms with Crippen molar-refractivity contribution in [1.82, 2.24) is 44.7 Å². The van der Waals surface area contributed by atoms with Crippen molar-refractivity contribution in [2.75, 3.05) is 93.0 Å². The van der Waals surface area contributed by atoms with Gasteiger partial charge in [-0.3, -0.25) is 9.59 Å². The number of halogens is 1. The van der Waals surface area contributed by atoms with Crippen LogP contribution in [0.2, 0.25) is 0 Å². The van der Waals surface area contributed by atoms with Gasteiger partial charge in [0.05, 0.1) is 47.8 Å². The Bertz CT molecular complexity index is 3760. The number of ether oxygens (including phenoxy) is 2. The fraction of sp³-hybridized carbons (Fsp3) is 0.515. The molecule has 4 aliphatic rings. The highest BCUT2D eigenvalue weighted by Gasteiger charge is 2.44. The van der Waals surface area contributed by atoms with Crippen LogP contribution in [0.5, 0.6) is 0 Å². The van der Waals surface area contributed by atoms with Gasteiger partial charge in [0.15, 0.2) is 10.1 Å². The lowest BCUT2D eigenvalue weighted by Crippen LogP contribution is -2.41. The lowest BCUT2D eigenvalue weighted by atomic mass is 9.90. The second-order valence-electron chi connectivity index (χ2n) is 27.1. The Balaban J connectivity index is 0.000000216. The van der Waals surface area contributed by atoms with E-state index in [1.807, 2.05) is 55.4 Å². The van der Waals surface area contributed by atoms with Gasteiger partial charge < -0.3 is 40.1 Å². The van der Waals surface area contributed by atoms with Crippen molar-refractivity contribution < 1.29 is 35.9 Å². The summed E-state index contributed by atoms with van der Waals surface area (Å²) in [6.45, 7) is 25.4. The number of hydrogen-bond acceptors (Lipinski definition) is 20. The van der Waals surface area contributed by atoms with E-state index in [1.165, 1.54) is 12.1 Å². The van der Waals surface area contributed by atoms with Crippen LogP contribution < -0.4 is 40.1 Å². The molecular formula is C66H91BrN14O8S2. The SMILES string of the molecule is CC(C)(C)c1ccc2c(n1)N1C[C@@H](CC[C@H](c3cccc(Br)n3)Nc3cccc(n3)S(=O)(=O)NC2=O)CC1(C)C.CNCCOC.COCCN(C)c1cccc([C@H]2CC[C@@H]3CN(c4nc(C(C)(C)C)ccc4C(=O)NS(=O)(=O)c4cccc(n4)N2)C(C)(C)C3)n1. The van der Waals surface area contributed by atoms with Gasteiger partial charge >= 0.3 is 0 Å². The standard InChI is InChI=1S/C33H45N7O4S.C29H35BrN6O3S.C4H11NO/c1-32(2,3)26-17-15-23-30(36-26)40-21-22(20-33(40,4)5)14-16-25(24-10-8-12-28(35-24)39(6)18-19-44-7)34-27-11-9-13-29(37-27)45(42,43)38-31(23)41;1-28(2,3)22-15-13-19-26(33-22)36-17-18(16-29(36,4)5)12-14-21(20-8-6-9-23(30)31-20)32-24-10-7-11-25(34-24)40(38,39)35-27(19)37;1-5-3-4-6-2/h8-13,15,17,22,25H,14,16,18-21H2,1-7H3,(H,34,37)(H,38,41);6-11,13,15,18,21H,12,14,16-17H2,1-5H3,(H,32,34)(H,35,37);5H,3-4H2,1-2H3/t22-,25+;18-,21+;/m00./s1. The lowest BCUT2D eigenvalue weighted by Gasteiger charge is -2.34. The molecule has 492 valence electrons. The van der Waals surface area contributed by atoms with Crippen LogP contribution in [-0.4, -0.2) is 137 Å². The molecule has 4 aliphatic heterocycles. The lowest BCUT2D eigenvalue weighted by molar-refractivity contribution is 0.0972. The van der Waals surface area contributed by atoms with Crippen LogP contribution in [0.3, 0.4) is 0 Å². The molecule has 2 fully saturated rings. The highest BCUT2D eigenvalue weighted by molar-refractivity contribution is 9.10. The number of carbonyl (C=O) groups excluding carboxylic acids is 2. The largest absolute Gasteiger partial charge is 0.383 e. The van der Waals surface area contributed by atoms with E-state index in [4.69, 9.17) is 24.4 Å². The van der Waals surface area contributed by atoms with Crippen molar-refractivity contribution in [2.45, 2.75) is 152 Å². The number of aromatic nitrogens is 6. The Kier molecular flexibility index (Phi) is 22.3. The number of hydrogen-bond donors (Lipinski definition) is 5. The first-order valence-corrected chi connectivity index (χ1v) is 34.7. The van der Waals surface area contributed by atoms with Gasteiger partial charge in [-0.15, -0.1) is 0 Å². The van der Waals surface area contributed by atoms with Crippen molar-refractivity contribution in [2.24, 2.45) is 11.8 Å². The molecule has 10 heterocycles. The third-order valence-electron chi connectivity index (χ3n) is 16.8. The van der Waals surface area contributed by atoms with Crippen LogP contribution in [0.1, 0.15) is 163 Å². The summed E-state index contributed by atoms with van der Waals surface area (Å²) in [5, 5.41) is 9.31. The number of likely N-dealkylation sites (N-methyl/N-ethyl adjacent to an activating group) is 2. The van der Waals surface area contributed by atoms with E-state index in [0.717, 1.165) is 84.9 Å². The van der Waals surface area contributed by atoms with Gasteiger partial charge in [0.1, 0.15) is 33.7 Å². The maximum Gasteiger partial charge on any atom is 0.281 e. The summed E-state index contributed by atoms with van der Waals surface area (Å²) in [5.74, 6) is 1.78. The van der Waals surface area contributed by atoms with Crippen LogP contribution in [0.15, 0.2) is 112 Å². The second kappa shape index (κ2) is 28.9. The molecule has 0 saturated carbocycles. The van der Waals surface area contributed by atoms with E-state index in [0.29, 0.717) is 61.3 Å². The highest BCUT2D eigenvalue weighted by Crippen LogP contribution is 2.44. The molecule has 0 unspecified atom stereocenters. The molecule has 6 aromatic heterocycles. The summed E-state index contributed by atoms with van der Waals surface area (Å²) < 4.78 is 68.9. The van der Waals surface area contributed by atoms with E-state index >= 15 is 0 Å². The Hall–Kier alpha value is -6.90. The maximum atomic E-state index is 13.7. The number of methoxy groups -OCH3 is 2. The fourth-order valence-corrected chi connectivity index (χ4v) is 14.1. The molecule has 91 heavy (non-hydrogen) atoms. The monoisotopic (exact) mass is 1350 g/mol. The number of fused-ring (bicyclic) bond motifs is 12. The zero-order chi connectivity index (χ0) is 66.3. The molecule has 2 amide bonds. The van der Waals surface area contributed by atoms with E-state index in [2.05, 4.69) is 135 Å². The molecule has 0 spiro atoms. The first-order chi connectivity index (χ1) is 42.8. The van der Waals surface area contributed by atoms with Crippen molar-refractivity contribution in [1.29, 1.82) is 0 Å². The smallest absolute Gasteiger partial charge is 0.281 e. The summed E-state index contributed by atoms with van der Waals surface area (Å²) in [6, 6.07) is 27.7. The Labute approximate surface area is 546 Å². The summed E-state index contributed by atoms with van der Waals surface area (Å²) in [5.41, 5.74) is 2.66. The predicted octanol–water partition coefficient (Wildman–Crippen LogP) is 10.4. The number of anilines is 5. The quantitative estimate of drug-likeness (QED) is 0.0665. The third kappa shape index (κ3) is 17.6. The van der Waals surface area contributed by atoms with Gasteiger partial charge in [-0.2, -0.15) is 16.8 Å². The topological polar surface area (TPSA) is 268 Å². The first kappa shape index (κ1) is 70.0. The molecule has 0 radical (unpaired) electrons. The van der Waals surface area contributed by atoms with Crippen LogP contribution in [0.4, 0.5) is 29.1 Å². The van der Waals surface area contributed by atoms with E-state index < -0.39 is 31.9 Å². The zero-order valence-corrected chi connectivity index (χ0v) is 58.2. The highest BCUT2D eigenvalue weighted by atomic mass is 79.9. The minimum absolute atomic E-state index is 0.197. The number of sulfonamides is 2. The molecule has 6 aromatic rings. The Morgan fingerprint density at radius 3 is 1.45 bits per heavy atom. The Morgan fingerprint density at radius 1 is 0.593 bits per heavy atom. The minimum Gasteiger partial charge on any atom is -0.383 e. The number of amides is 2. The third-order valence-corrected chi connectivity index (χ3v) is 19.7. The molecule has 4 atom stereocenters. The van der Waals surface area contributed by atoms with Crippen molar-refractivity contribution in [3.05, 3.63) is 136 Å². The van der Waals surface area contributed by atoms with Gasteiger partial charge in [0.25, 0.3) is 31.9 Å². The molecule has 22 nitrogen and oxygen atoms in total. The van der Waals surface area contributed by atoms with Crippen molar-refractivity contribution >= 4 is 76.9 Å². The summed E-state index contributed by atoms with van der Waals surface area (Å²) in [7, 11) is -1.31. The molecule has 0 aliphatic carbocycles. The number of nitrogens with zero attached hydrogens (tertiary/aromatic N) is 9.